The van der Waals surface area contributed by atoms with Crippen LogP contribution in [0, 0.1) is 0 Å². The van der Waals surface area contributed by atoms with Crippen molar-refractivity contribution in [2.75, 3.05) is 5.88 Å². The molecule has 0 aliphatic heterocycles. The molecule has 0 aliphatic carbocycles. The number of para-hydroxylation sites is 1. The van der Waals surface area contributed by atoms with Gasteiger partial charge < -0.3 is 5.73 Å². The van der Waals surface area contributed by atoms with Crippen LogP contribution in [0.15, 0.2) is 28.6 Å². The van der Waals surface area contributed by atoms with E-state index in [0.29, 0.717) is 5.52 Å². The first-order valence-corrected chi connectivity index (χ1v) is 6.39. The maximum absolute atomic E-state index is 11.4. The van der Waals surface area contributed by atoms with E-state index < -0.39 is 15.7 Å². The Morgan fingerprint density at radius 2 is 2.07 bits per heavy atom. The average molecular weight is 228 g/mol. The Morgan fingerprint density at radius 3 is 2.71 bits per heavy atom. The van der Waals surface area contributed by atoms with Gasteiger partial charge in [-0.3, -0.25) is 0 Å². The molecule has 2 N–H and O–H groups in total. The molecule has 14 heavy (non-hydrogen) atoms. The Bertz CT molecular complexity index is 526. The quantitative estimate of drug-likeness (QED) is 0.831. The van der Waals surface area contributed by atoms with Crippen LogP contribution in [-0.2, 0) is 9.84 Å². The molecule has 0 radical (unpaired) electrons. The minimum atomic E-state index is -3.37. The first kappa shape index (κ1) is 9.57. The zero-order chi connectivity index (χ0) is 10.2. The molecule has 1 heterocycles. The maximum Gasteiger partial charge on any atom is 0.218 e. The van der Waals surface area contributed by atoms with E-state index in [-0.39, 0.29) is 4.34 Å². The standard InChI is InChI=1S/C8H8N2O2S2/c9-5-14(11,12)8-10-6-3-1-2-4-7(6)13-8/h1-4H,5,9H2. The fourth-order valence-corrected chi connectivity index (χ4v) is 3.11. The Hall–Kier alpha value is -0.980. The van der Waals surface area contributed by atoms with Gasteiger partial charge in [-0.15, -0.1) is 11.3 Å². The van der Waals surface area contributed by atoms with Crippen molar-refractivity contribution >= 4 is 31.4 Å². The molecule has 0 aliphatic rings. The fourth-order valence-electron chi connectivity index (χ4n) is 1.06. The highest BCUT2D eigenvalue weighted by atomic mass is 32.2. The number of nitrogens with two attached hydrogens (primary N) is 1. The third-order valence-electron chi connectivity index (χ3n) is 1.76. The lowest BCUT2D eigenvalue weighted by Gasteiger charge is -1.91. The summed E-state index contributed by atoms with van der Waals surface area (Å²) in [5.41, 5.74) is 5.84. The van der Waals surface area contributed by atoms with Gasteiger partial charge in [-0.2, -0.15) is 0 Å². The minimum absolute atomic E-state index is 0.0983. The predicted octanol–water partition coefficient (Wildman–Crippen LogP) is 0.986. The molecule has 0 spiro atoms. The van der Waals surface area contributed by atoms with Gasteiger partial charge in [0.15, 0.2) is 0 Å². The van der Waals surface area contributed by atoms with E-state index in [1.165, 1.54) is 0 Å². The van der Waals surface area contributed by atoms with Gasteiger partial charge in [0.1, 0.15) is 5.88 Å². The van der Waals surface area contributed by atoms with Crippen molar-refractivity contribution in [3.63, 3.8) is 0 Å². The molecule has 4 nitrogen and oxygen atoms in total. The zero-order valence-electron chi connectivity index (χ0n) is 7.17. The molecule has 6 heteroatoms. The second-order valence-electron chi connectivity index (χ2n) is 2.73. The summed E-state index contributed by atoms with van der Waals surface area (Å²) in [6, 6.07) is 7.28. The van der Waals surface area contributed by atoms with Gasteiger partial charge in [-0.25, -0.2) is 13.4 Å². The summed E-state index contributed by atoms with van der Waals surface area (Å²) >= 11 is 1.15. The van der Waals surface area contributed by atoms with Crippen LogP contribution in [0.4, 0.5) is 0 Å². The number of sulfone groups is 1. The lowest BCUT2D eigenvalue weighted by atomic mass is 10.3. The normalized spacial score (nSPS) is 12.1. The highest BCUT2D eigenvalue weighted by Crippen LogP contribution is 2.24. The number of nitrogens with zero attached hydrogens (tertiary/aromatic N) is 1. The molecule has 0 fully saturated rings. The van der Waals surface area contributed by atoms with Gasteiger partial charge in [0, 0.05) is 0 Å². The van der Waals surface area contributed by atoms with Crippen LogP contribution in [-0.4, -0.2) is 19.3 Å². The SMILES string of the molecule is NCS(=O)(=O)c1nc2ccccc2s1. The number of aromatic nitrogens is 1. The van der Waals surface area contributed by atoms with Crippen molar-refractivity contribution in [1.29, 1.82) is 0 Å². The Kier molecular flexibility index (Phi) is 2.26. The largest absolute Gasteiger partial charge is 0.317 e. The maximum atomic E-state index is 11.4. The van der Waals surface area contributed by atoms with Crippen LogP contribution in [0.1, 0.15) is 0 Å². The number of hydrogen-bond acceptors (Lipinski definition) is 5. The molecule has 0 bridgehead atoms. The Balaban J connectivity index is 2.67. The van der Waals surface area contributed by atoms with Crippen molar-refractivity contribution < 1.29 is 8.42 Å². The van der Waals surface area contributed by atoms with Crippen LogP contribution in [0.25, 0.3) is 10.2 Å². The van der Waals surface area contributed by atoms with E-state index in [0.717, 1.165) is 16.0 Å². The van der Waals surface area contributed by atoms with Gasteiger partial charge in [0.25, 0.3) is 0 Å². The van der Waals surface area contributed by atoms with Gasteiger partial charge in [0.2, 0.25) is 14.2 Å². The van der Waals surface area contributed by atoms with Crippen LogP contribution < -0.4 is 5.73 Å². The lowest BCUT2D eigenvalue weighted by Crippen LogP contribution is -2.13. The summed E-state index contributed by atoms with van der Waals surface area (Å²) in [5.74, 6) is -0.396. The molecule has 2 rings (SSSR count). The predicted molar refractivity (Wildman–Crippen MR) is 55.9 cm³/mol. The molecule has 0 unspecified atom stereocenters. The lowest BCUT2D eigenvalue weighted by molar-refractivity contribution is 0.596. The monoisotopic (exact) mass is 228 g/mol. The summed E-state index contributed by atoms with van der Waals surface area (Å²) < 4.78 is 23.7. The van der Waals surface area contributed by atoms with E-state index in [1.54, 1.807) is 6.07 Å². The molecule has 0 atom stereocenters. The summed E-state index contributed by atoms with van der Waals surface area (Å²) in [5, 5.41) is 0. The second-order valence-corrected chi connectivity index (χ2v) is 5.97. The number of hydrogen-bond donors (Lipinski definition) is 1. The van der Waals surface area contributed by atoms with Crippen molar-refractivity contribution in [2.45, 2.75) is 4.34 Å². The Morgan fingerprint density at radius 1 is 1.36 bits per heavy atom. The second kappa shape index (κ2) is 3.30. The van der Waals surface area contributed by atoms with Crippen LogP contribution in [0.3, 0.4) is 0 Å². The van der Waals surface area contributed by atoms with Crippen molar-refractivity contribution in [3.05, 3.63) is 24.3 Å². The first-order chi connectivity index (χ1) is 6.63. The van der Waals surface area contributed by atoms with Gasteiger partial charge in [0.05, 0.1) is 10.2 Å². The molecule has 0 amide bonds. The van der Waals surface area contributed by atoms with E-state index >= 15 is 0 Å². The molecule has 1 aromatic heterocycles. The molecule has 74 valence electrons. The van der Waals surface area contributed by atoms with E-state index in [2.05, 4.69) is 4.98 Å². The molecular weight excluding hydrogens is 220 g/mol. The number of rotatable bonds is 2. The molecule has 2 aromatic rings. The molecular formula is C8H8N2O2S2. The summed E-state index contributed by atoms with van der Waals surface area (Å²) in [4.78, 5) is 4.01. The number of thiazole rings is 1. The van der Waals surface area contributed by atoms with E-state index in [9.17, 15) is 8.42 Å². The average Bonchev–Trinajstić information content (AvgIpc) is 2.61. The highest BCUT2D eigenvalue weighted by molar-refractivity contribution is 7.93. The van der Waals surface area contributed by atoms with Crippen molar-refractivity contribution in [1.82, 2.24) is 4.98 Å². The van der Waals surface area contributed by atoms with E-state index in [1.807, 2.05) is 18.2 Å². The fraction of sp³-hybridized carbons (Fsp3) is 0.125. The highest BCUT2D eigenvalue weighted by Gasteiger charge is 2.16. The van der Waals surface area contributed by atoms with Crippen LogP contribution >= 0.6 is 11.3 Å². The van der Waals surface area contributed by atoms with Gasteiger partial charge in [-0.1, -0.05) is 12.1 Å². The third-order valence-corrected chi connectivity index (χ3v) is 4.66. The summed E-state index contributed by atoms with van der Waals surface area (Å²) in [6.07, 6.45) is 0. The third kappa shape index (κ3) is 1.52. The van der Waals surface area contributed by atoms with E-state index in [4.69, 9.17) is 5.73 Å². The van der Waals surface area contributed by atoms with Gasteiger partial charge in [-0.05, 0) is 12.1 Å². The summed E-state index contributed by atoms with van der Waals surface area (Å²) in [6.45, 7) is 0. The molecule has 1 aromatic carbocycles. The summed E-state index contributed by atoms with van der Waals surface area (Å²) in [7, 11) is -3.37. The zero-order valence-corrected chi connectivity index (χ0v) is 8.81. The number of fused-ring (bicyclic) bond motifs is 1. The van der Waals surface area contributed by atoms with Crippen molar-refractivity contribution in [2.24, 2.45) is 5.73 Å². The smallest absolute Gasteiger partial charge is 0.218 e. The van der Waals surface area contributed by atoms with Crippen LogP contribution in [0.2, 0.25) is 0 Å². The minimum Gasteiger partial charge on any atom is -0.317 e. The molecule has 0 saturated carbocycles. The van der Waals surface area contributed by atoms with Gasteiger partial charge >= 0.3 is 0 Å². The Labute approximate surface area is 85.3 Å². The molecule has 0 saturated heterocycles. The number of benzene rings is 1. The topological polar surface area (TPSA) is 73.1 Å². The van der Waals surface area contributed by atoms with Crippen molar-refractivity contribution in [3.8, 4) is 0 Å². The first-order valence-electron chi connectivity index (χ1n) is 3.92. The van der Waals surface area contributed by atoms with Crippen LogP contribution in [0.5, 0.6) is 0 Å².